The Morgan fingerprint density at radius 3 is 2.70 bits per heavy atom. The highest BCUT2D eigenvalue weighted by atomic mass is 35.5. The minimum atomic E-state index is -1.09. The van der Waals surface area contributed by atoms with Gasteiger partial charge in [-0.2, -0.15) is 0 Å². The molecule has 5 nitrogen and oxygen atoms in total. The number of halogens is 1. The molecular weight excluding hydrogens is 280 g/mol. The lowest BCUT2D eigenvalue weighted by molar-refractivity contribution is 0.0696. The first-order valence-corrected chi connectivity index (χ1v) is 6.12. The van der Waals surface area contributed by atoms with Crippen LogP contribution < -0.4 is 5.32 Å². The molecule has 20 heavy (non-hydrogen) atoms. The molecule has 0 aliphatic carbocycles. The summed E-state index contributed by atoms with van der Waals surface area (Å²) in [6.45, 7) is 1.76. The quantitative estimate of drug-likeness (QED) is 0.911. The summed E-state index contributed by atoms with van der Waals surface area (Å²) in [7, 11) is 0. The normalized spacial score (nSPS) is 10.1. The molecule has 0 bridgehead atoms. The van der Waals surface area contributed by atoms with Crippen LogP contribution in [0, 0.1) is 6.92 Å². The van der Waals surface area contributed by atoms with Crippen LogP contribution in [0.25, 0.3) is 0 Å². The number of aromatic carboxylic acids is 1. The highest BCUT2D eigenvalue weighted by molar-refractivity contribution is 6.34. The van der Waals surface area contributed by atoms with Crippen LogP contribution in [0.15, 0.2) is 36.5 Å². The Bertz CT molecular complexity index is 686. The van der Waals surface area contributed by atoms with Crippen LogP contribution in [0.1, 0.15) is 26.4 Å². The maximum Gasteiger partial charge on any atom is 0.335 e. The van der Waals surface area contributed by atoms with Crippen molar-refractivity contribution in [3.63, 3.8) is 0 Å². The van der Waals surface area contributed by atoms with Gasteiger partial charge in [-0.3, -0.25) is 9.78 Å². The number of aryl methyl sites for hydroxylation is 1. The first-order chi connectivity index (χ1) is 9.49. The third kappa shape index (κ3) is 2.95. The van der Waals surface area contributed by atoms with Gasteiger partial charge < -0.3 is 10.4 Å². The predicted octanol–water partition coefficient (Wildman–Crippen LogP) is 2.99. The number of carbonyl (C=O) groups is 2. The summed E-state index contributed by atoms with van der Waals surface area (Å²) >= 11 is 5.94. The molecule has 0 aliphatic rings. The maximum atomic E-state index is 12.1. The number of nitrogens with one attached hydrogen (secondary N) is 1. The number of benzene rings is 1. The molecule has 1 heterocycles. The van der Waals surface area contributed by atoms with E-state index in [9.17, 15) is 9.59 Å². The van der Waals surface area contributed by atoms with Crippen molar-refractivity contribution in [2.45, 2.75) is 6.92 Å². The van der Waals surface area contributed by atoms with Crippen LogP contribution in [0.3, 0.4) is 0 Å². The summed E-state index contributed by atoms with van der Waals surface area (Å²) in [6.07, 6.45) is 1.51. The summed E-state index contributed by atoms with van der Waals surface area (Å²) in [5, 5.41) is 11.8. The van der Waals surface area contributed by atoms with Crippen LogP contribution in [0.5, 0.6) is 0 Å². The smallest absolute Gasteiger partial charge is 0.335 e. The van der Waals surface area contributed by atoms with E-state index in [1.807, 2.05) is 0 Å². The average molecular weight is 291 g/mol. The summed E-state index contributed by atoms with van der Waals surface area (Å²) < 4.78 is 0. The Kier molecular flexibility index (Phi) is 4.00. The van der Waals surface area contributed by atoms with Crippen LogP contribution >= 0.6 is 11.6 Å². The van der Waals surface area contributed by atoms with E-state index in [0.717, 1.165) is 5.56 Å². The van der Waals surface area contributed by atoms with Gasteiger partial charge in [0, 0.05) is 6.20 Å². The number of carboxylic acids is 1. The number of aromatic nitrogens is 1. The van der Waals surface area contributed by atoms with Gasteiger partial charge in [0.05, 0.1) is 16.3 Å². The number of hydrogen-bond donors (Lipinski definition) is 2. The molecule has 2 N–H and O–H groups in total. The molecule has 1 amide bonds. The minimum absolute atomic E-state index is 0.0439. The molecule has 1 aromatic heterocycles. The van der Waals surface area contributed by atoms with Gasteiger partial charge in [0.1, 0.15) is 5.69 Å². The second-order valence-corrected chi connectivity index (χ2v) is 4.53. The van der Waals surface area contributed by atoms with Gasteiger partial charge in [-0.1, -0.05) is 17.7 Å². The monoisotopic (exact) mass is 290 g/mol. The highest BCUT2D eigenvalue weighted by Crippen LogP contribution is 2.23. The summed E-state index contributed by atoms with van der Waals surface area (Å²) in [5.74, 6) is -1.53. The first-order valence-electron chi connectivity index (χ1n) is 5.75. The summed E-state index contributed by atoms with van der Waals surface area (Å²) in [6, 6.07) is 7.58. The Morgan fingerprint density at radius 1 is 1.30 bits per heavy atom. The molecule has 0 fully saturated rings. The van der Waals surface area contributed by atoms with Gasteiger partial charge in [-0.05, 0) is 36.8 Å². The van der Waals surface area contributed by atoms with Crippen LogP contribution in [-0.4, -0.2) is 22.0 Å². The molecule has 6 heteroatoms. The Hall–Kier alpha value is -2.40. The fourth-order valence-electron chi connectivity index (χ4n) is 1.66. The van der Waals surface area contributed by atoms with E-state index in [-0.39, 0.29) is 22.0 Å². The lowest BCUT2D eigenvalue weighted by Crippen LogP contribution is -2.15. The van der Waals surface area contributed by atoms with Crippen molar-refractivity contribution in [3.05, 3.63) is 58.4 Å². The standard InChI is InChI=1S/C14H11ClN2O3/c1-8-3-2-6-16-12(8)13(18)17-11-7-9(14(19)20)4-5-10(11)15/h2-7H,1H3,(H,17,18)(H,19,20). The maximum absolute atomic E-state index is 12.1. The van der Waals surface area contributed by atoms with Gasteiger partial charge in [0.2, 0.25) is 0 Å². The zero-order valence-electron chi connectivity index (χ0n) is 10.6. The highest BCUT2D eigenvalue weighted by Gasteiger charge is 2.13. The average Bonchev–Trinajstić information content (AvgIpc) is 2.41. The minimum Gasteiger partial charge on any atom is -0.478 e. The number of hydrogen-bond acceptors (Lipinski definition) is 3. The largest absolute Gasteiger partial charge is 0.478 e. The molecule has 102 valence electrons. The summed E-state index contributed by atoms with van der Waals surface area (Å²) in [5.41, 5.74) is 1.27. The topological polar surface area (TPSA) is 79.3 Å². The molecule has 0 unspecified atom stereocenters. The van der Waals surface area contributed by atoms with Crippen molar-refractivity contribution in [3.8, 4) is 0 Å². The van der Waals surface area contributed by atoms with Gasteiger partial charge in [-0.15, -0.1) is 0 Å². The van der Waals surface area contributed by atoms with Crippen LogP contribution in [-0.2, 0) is 0 Å². The Labute approximate surface area is 120 Å². The van der Waals surface area contributed by atoms with E-state index in [2.05, 4.69) is 10.3 Å². The van der Waals surface area contributed by atoms with Gasteiger partial charge in [0.15, 0.2) is 0 Å². The number of amides is 1. The molecule has 2 rings (SSSR count). The number of carboxylic acid groups (broad SMARTS) is 1. The zero-order chi connectivity index (χ0) is 14.7. The van der Waals surface area contributed by atoms with Crippen molar-refractivity contribution >= 4 is 29.2 Å². The van der Waals surface area contributed by atoms with E-state index in [4.69, 9.17) is 16.7 Å². The molecule has 0 radical (unpaired) electrons. The SMILES string of the molecule is Cc1cccnc1C(=O)Nc1cc(C(=O)O)ccc1Cl. The number of nitrogens with zero attached hydrogens (tertiary/aromatic N) is 1. The van der Waals surface area contributed by atoms with Crippen molar-refractivity contribution in [1.29, 1.82) is 0 Å². The number of anilines is 1. The zero-order valence-corrected chi connectivity index (χ0v) is 11.3. The number of carbonyl (C=O) groups excluding carboxylic acids is 1. The first kappa shape index (κ1) is 14.0. The van der Waals surface area contributed by atoms with Crippen molar-refractivity contribution in [2.75, 3.05) is 5.32 Å². The second-order valence-electron chi connectivity index (χ2n) is 4.12. The molecular formula is C14H11ClN2O3. The lowest BCUT2D eigenvalue weighted by atomic mass is 10.2. The molecule has 0 saturated carbocycles. The van der Waals surface area contributed by atoms with Gasteiger partial charge >= 0.3 is 5.97 Å². The van der Waals surface area contributed by atoms with Crippen LogP contribution in [0.2, 0.25) is 5.02 Å². The van der Waals surface area contributed by atoms with E-state index in [1.54, 1.807) is 19.1 Å². The van der Waals surface area contributed by atoms with E-state index >= 15 is 0 Å². The third-order valence-corrected chi connectivity index (χ3v) is 3.02. The van der Waals surface area contributed by atoms with E-state index in [0.29, 0.717) is 0 Å². The van der Waals surface area contributed by atoms with Gasteiger partial charge in [0.25, 0.3) is 5.91 Å². The summed E-state index contributed by atoms with van der Waals surface area (Å²) in [4.78, 5) is 27.0. The number of pyridine rings is 1. The molecule has 0 aliphatic heterocycles. The van der Waals surface area contributed by atoms with Crippen molar-refractivity contribution in [1.82, 2.24) is 4.98 Å². The molecule has 0 spiro atoms. The Balaban J connectivity index is 2.30. The third-order valence-electron chi connectivity index (χ3n) is 2.69. The predicted molar refractivity (Wildman–Crippen MR) is 75.3 cm³/mol. The van der Waals surface area contributed by atoms with E-state index < -0.39 is 11.9 Å². The molecule has 2 aromatic rings. The van der Waals surface area contributed by atoms with Crippen molar-refractivity contribution in [2.24, 2.45) is 0 Å². The van der Waals surface area contributed by atoms with Crippen molar-refractivity contribution < 1.29 is 14.7 Å². The lowest BCUT2D eigenvalue weighted by Gasteiger charge is -2.09. The number of rotatable bonds is 3. The fourth-order valence-corrected chi connectivity index (χ4v) is 1.82. The molecule has 0 saturated heterocycles. The molecule has 1 aromatic carbocycles. The molecule has 0 atom stereocenters. The second kappa shape index (κ2) is 5.71. The Morgan fingerprint density at radius 2 is 2.05 bits per heavy atom. The fraction of sp³-hybridized carbons (Fsp3) is 0.0714. The van der Waals surface area contributed by atoms with E-state index in [1.165, 1.54) is 24.4 Å². The van der Waals surface area contributed by atoms with Crippen LogP contribution in [0.4, 0.5) is 5.69 Å². The van der Waals surface area contributed by atoms with Gasteiger partial charge in [-0.25, -0.2) is 4.79 Å².